The van der Waals surface area contributed by atoms with E-state index in [4.69, 9.17) is 4.74 Å². The molecule has 1 saturated heterocycles. The van der Waals surface area contributed by atoms with Crippen molar-refractivity contribution in [2.45, 2.75) is 32.9 Å². The van der Waals surface area contributed by atoms with Gasteiger partial charge >= 0.3 is 0 Å². The Bertz CT molecular complexity index is 710. The zero-order valence-electron chi connectivity index (χ0n) is 15.5. The lowest BCUT2D eigenvalue weighted by molar-refractivity contribution is 0.0161. The van der Waals surface area contributed by atoms with Gasteiger partial charge in [-0.3, -0.25) is 19.4 Å². The van der Waals surface area contributed by atoms with Gasteiger partial charge in [-0.1, -0.05) is 13.0 Å². The Morgan fingerprint density at radius 2 is 2.15 bits per heavy atom. The van der Waals surface area contributed by atoms with Crippen LogP contribution in [0.4, 0.5) is 0 Å². The lowest BCUT2D eigenvalue weighted by atomic mass is 10.1. The fourth-order valence-electron chi connectivity index (χ4n) is 3.31. The molecule has 3 rings (SSSR count). The molecule has 7 heteroatoms. The average molecular weight is 357 g/mol. The molecule has 0 saturated carbocycles. The summed E-state index contributed by atoms with van der Waals surface area (Å²) in [6, 6.07) is 4.08. The second-order valence-electron chi connectivity index (χ2n) is 6.53. The Kier molecular flexibility index (Phi) is 6.35. The summed E-state index contributed by atoms with van der Waals surface area (Å²) in [5.74, 6) is -0.0768. The number of aryl methyl sites for hydroxylation is 1. The van der Waals surface area contributed by atoms with Crippen LogP contribution in [0, 0.1) is 6.92 Å². The van der Waals surface area contributed by atoms with Crippen molar-refractivity contribution in [3.63, 3.8) is 0 Å². The predicted molar refractivity (Wildman–Crippen MR) is 99.0 cm³/mol. The molecule has 1 amide bonds. The van der Waals surface area contributed by atoms with Crippen molar-refractivity contribution in [1.82, 2.24) is 25.0 Å². The van der Waals surface area contributed by atoms with Crippen molar-refractivity contribution in [2.75, 3.05) is 32.8 Å². The van der Waals surface area contributed by atoms with Crippen LogP contribution in [0.5, 0.6) is 0 Å². The van der Waals surface area contributed by atoms with Crippen LogP contribution in [0.25, 0.3) is 0 Å². The van der Waals surface area contributed by atoms with Crippen LogP contribution in [0.1, 0.15) is 41.0 Å². The molecule has 7 nitrogen and oxygen atoms in total. The molecule has 3 heterocycles. The summed E-state index contributed by atoms with van der Waals surface area (Å²) in [6.07, 6.45) is 6.29. The molecule has 26 heavy (non-hydrogen) atoms. The summed E-state index contributed by atoms with van der Waals surface area (Å²) < 4.78 is 7.35. The molecule has 0 unspecified atom stereocenters. The monoisotopic (exact) mass is 357 g/mol. The van der Waals surface area contributed by atoms with Crippen LogP contribution in [0.2, 0.25) is 0 Å². The van der Waals surface area contributed by atoms with E-state index in [1.807, 2.05) is 23.9 Å². The topological polar surface area (TPSA) is 72.3 Å². The van der Waals surface area contributed by atoms with Crippen LogP contribution in [-0.2, 0) is 11.3 Å². The minimum absolute atomic E-state index is 0.0768. The molecule has 0 radical (unpaired) electrons. The smallest absolute Gasteiger partial charge is 0.254 e. The second-order valence-corrected chi connectivity index (χ2v) is 6.53. The minimum Gasteiger partial charge on any atom is -0.379 e. The molecular weight excluding hydrogens is 330 g/mol. The van der Waals surface area contributed by atoms with E-state index in [9.17, 15) is 4.79 Å². The number of amides is 1. The average Bonchev–Trinajstić information content (AvgIpc) is 3.04. The molecule has 0 aromatic carbocycles. The molecule has 1 atom stereocenters. The lowest BCUT2D eigenvalue weighted by Crippen LogP contribution is -2.43. The van der Waals surface area contributed by atoms with Crippen LogP contribution < -0.4 is 5.32 Å². The SMILES string of the molecule is CCCn1ncc(C(=O)NC[C@H](c2cccnc2)N2CCOCC2)c1C. The van der Waals surface area contributed by atoms with Gasteiger partial charge in [-0.05, 0) is 25.0 Å². The zero-order valence-corrected chi connectivity index (χ0v) is 15.5. The van der Waals surface area contributed by atoms with Crippen molar-refractivity contribution in [3.8, 4) is 0 Å². The van der Waals surface area contributed by atoms with E-state index in [-0.39, 0.29) is 11.9 Å². The van der Waals surface area contributed by atoms with Gasteiger partial charge in [0.25, 0.3) is 5.91 Å². The number of carbonyl (C=O) groups is 1. The van der Waals surface area contributed by atoms with Crippen molar-refractivity contribution in [3.05, 3.63) is 47.5 Å². The third kappa shape index (κ3) is 4.28. The fraction of sp³-hybridized carbons (Fsp3) is 0.526. The Morgan fingerprint density at radius 1 is 1.35 bits per heavy atom. The molecular formula is C19H27N5O2. The van der Waals surface area contributed by atoms with Gasteiger partial charge in [0.15, 0.2) is 0 Å². The van der Waals surface area contributed by atoms with Gasteiger partial charge in [0.1, 0.15) is 0 Å². The molecule has 1 aliphatic heterocycles. The summed E-state index contributed by atoms with van der Waals surface area (Å²) >= 11 is 0. The number of pyridine rings is 1. The molecule has 0 aliphatic carbocycles. The zero-order chi connectivity index (χ0) is 18.4. The van der Waals surface area contributed by atoms with Crippen LogP contribution >= 0.6 is 0 Å². The van der Waals surface area contributed by atoms with Crippen molar-refractivity contribution >= 4 is 5.91 Å². The number of ether oxygens (including phenoxy) is 1. The normalized spacial score (nSPS) is 16.4. The largest absolute Gasteiger partial charge is 0.379 e. The Hall–Kier alpha value is -2.25. The highest BCUT2D eigenvalue weighted by Gasteiger charge is 2.24. The molecule has 0 bridgehead atoms. The number of rotatable bonds is 7. The van der Waals surface area contributed by atoms with Gasteiger partial charge < -0.3 is 10.1 Å². The van der Waals surface area contributed by atoms with Crippen LogP contribution in [0.3, 0.4) is 0 Å². The number of carbonyl (C=O) groups excluding carboxylic acids is 1. The van der Waals surface area contributed by atoms with E-state index in [1.165, 1.54) is 0 Å². The first-order valence-electron chi connectivity index (χ1n) is 9.23. The van der Waals surface area contributed by atoms with Crippen molar-refractivity contribution in [2.24, 2.45) is 0 Å². The highest BCUT2D eigenvalue weighted by molar-refractivity contribution is 5.95. The van der Waals surface area contributed by atoms with E-state index in [1.54, 1.807) is 12.4 Å². The van der Waals surface area contributed by atoms with Gasteiger partial charge in [-0.25, -0.2) is 0 Å². The first-order chi connectivity index (χ1) is 12.7. The quantitative estimate of drug-likeness (QED) is 0.818. The van der Waals surface area contributed by atoms with Gasteiger partial charge in [0.05, 0.1) is 31.0 Å². The number of nitrogens with zero attached hydrogens (tertiary/aromatic N) is 4. The van der Waals surface area contributed by atoms with Crippen LogP contribution in [0.15, 0.2) is 30.7 Å². The summed E-state index contributed by atoms with van der Waals surface area (Å²) in [4.78, 5) is 19.3. The third-order valence-electron chi connectivity index (χ3n) is 4.79. The summed E-state index contributed by atoms with van der Waals surface area (Å²) in [5, 5.41) is 7.41. The van der Waals surface area contributed by atoms with Crippen molar-refractivity contribution in [1.29, 1.82) is 0 Å². The highest BCUT2D eigenvalue weighted by Crippen LogP contribution is 2.20. The van der Waals surface area contributed by atoms with Gasteiger partial charge in [-0.2, -0.15) is 5.10 Å². The maximum atomic E-state index is 12.7. The number of nitrogens with one attached hydrogen (secondary N) is 1. The second kappa shape index (κ2) is 8.91. The molecule has 1 fully saturated rings. The van der Waals surface area contributed by atoms with E-state index < -0.39 is 0 Å². The summed E-state index contributed by atoms with van der Waals surface area (Å²) in [7, 11) is 0. The third-order valence-corrected chi connectivity index (χ3v) is 4.79. The first kappa shape index (κ1) is 18.5. The van der Waals surface area contributed by atoms with E-state index in [0.717, 1.165) is 37.3 Å². The number of morpholine rings is 1. The minimum atomic E-state index is -0.0768. The fourth-order valence-corrected chi connectivity index (χ4v) is 3.31. The summed E-state index contributed by atoms with van der Waals surface area (Å²) in [6.45, 7) is 8.53. The number of hydrogen-bond acceptors (Lipinski definition) is 5. The maximum Gasteiger partial charge on any atom is 0.254 e. The standard InChI is InChI=1S/C19H27N5O2/c1-3-7-24-15(2)17(13-22-24)19(25)21-14-18(16-5-4-6-20-12-16)23-8-10-26-11-9-23/h4-6,12-13,18H,3,7-11,14H2,1-2H3,(H,21,25)/t18-/m1/s1. The lowest BCUT2D eigenvalue weighted by Gasteiger charge is -2.34. The number of hydrogen-bond donors (Lipinski definition) is 1. The Balaban J connectivity index is 1.70. The van der Waals surface area contributed by atoms with Gasteiger partial charge in [0.2, 0.25) is 0 Å². The van der Waals surface area contributed by atoms with Crippen molar-refractivity contribution < 1.29 is 9.53 Å². The molecule has 2 aromatic heterocycles. The molecule has 140 valence electrons. The van der Waals surface area contributed by atoms with E-state index in [0.29, 0.717) is 25.3 Å². The summed E-state index contributed by atoms with van der Waals surface area (Å²) in [5.41, 5.74) is 2.66. The Morgan fingerprint density at radius 3 is 2.85 bits per heavy atom. The predicted octanol–water partition coefficient (Wildman–Crippen LogP) is 1.80. The first-order valence-corrected chi connectivity index (χ1v) is 9.23. The molecule has 1 aliphatic rings. The maximum absolute atomic E-state index is 12.7. The Labute approximate surface area is 154 Å². The molecule has 2 aromatic rings. The molecule has 1 N–H and O–H groups in total. The van der Waals surface area contributed by atoms with E-state index >= 15 is 0 Å². The molecule has 0 spiro atoms. The van der Waals surface area contributed by atoms with Gasteiger partial charge in [0, 0.05) is 44.3 Å². The van der Waals surface area contributed by atoms with Gasteiger partial charge in [-0.15, -0.1) is 0 Å². The highest BCUT2D eigenvalue weighted by atomic mass is 16.5. The van der Waals surface area contributed by atoms with Crippen LogP contribution in [-0.4, -0.2) is 58.4 Å². The van der Waals surface area contributed by atoms with E-state index in [2.05, 4.69) is 33.3 Å². The number of aromatic nitrogens is 3.